The summed E-state index contributed by atoms with van der Waals surface area (Å²) < 4.78 is 2.05. The van der Waals surface area contributed by atoms with Gasteiger partial charge < -0.3 is 5.32 Å². The first kappa shape index (κ1) is 10.4. The molecule has 0 radical (unpaired) electrons. The fourth-order valence-corrected chi connectivity index (χ4v) is 2.45. The van der Waals surface area contributed by atoms with Gasteiger partial charge in [-0.15, -0.1) is 0 Å². The van der Waals surface area contributed by atoms with Gasteiger partial charge in [-0.25, -0.2) is 4.68 Å². The molecule has 0 saturated heterocycles. The molecule has 2 heterocycles. The van der Waals surface area contributed by atoms with Crippen LogP contribution >= 0.6 is 0 Å². The highest BCUT2D eigenvalue weighted by atomic mass is 15.3. The summed E-state index contributed by atoms with van der Waals surface area (Å²) in [6.07, 6.45) is 3.36. The molecule has 0 amide bonds. The summed E-state index contributed by atoms with van der Waals surface area (Å²) >= 11 is 0. The SMILES string of the molecule is CCc1nn(-c2ccccc2)c2c1CCCN2. The van der Waals surface area contributed by atoms with E-state index < -0.39 is 0 Å². The predicted molar refractivity (Wildman–Crippen MR) is 69.8 cm³/mol. The van der Waals surface area contributed by atoms with E-state index in [-0.39, 0.29) is 0 Å². The molecule has 0 fully saturated rings. The summed E-state index contributed by atoms with van der Waals surface area (Å²) in [5.41, 5.74) is 3.77. The second kappa shape index (κ2) is 4.24. The zero-order chi connectivity index (χ0) is 11.7. The van der Waals surface area contributed by atoms with E-state index in [1.807, 2.05) is 10.7 Å². The van der Waals surface area contributed by atoms with Crippen molar-refractivity contribution in [2.45, 2.75) is 26.2 Å². The third-order valence-corrected chi connectivity index (χ3v) is 3.30. The Morgan fingerprint density at radius 3 is 2.88 bits per heavy atom. The van der Waals surface area contributed by atoms with E-state index >= 15 is 0 Å². The molecule has 0 saturated carbocycles. The number of aromatic nitrogens is 2. The molecule has 1 aromatic heterocycles. The standard InChI is InChI=1S/C14H17N3/c1-2-13-12-9-6-10-15-14(12)17(16-13)11-7-4-3-5-8-11/h3-5,7-8,15H,2,6,9-10H2,1H3. The maximum Gasteiger partial charge on any atom is 0.133 e. The van der Waals surface area contributed by atoms with Crippen LogP contribution in [0.4, 0.5) is 5.82 Å². The van der Waals surface area contributed by atoms with Gasteiger partial charge in [0.15, 0.2) is 0 Å². The Balaban J connectivity index is 2.14. The molecular weight excluding hydrogens is 210 g/mol. The molecule has 3 nitrogen and oxygen atoms in total. The molecule has 3 heteroatoms. The number of para-hydroxylation sites is 1. The van der Waals surface area contributed by atoms with Crippen LogP contribution in [0, 0.1) is 0 Å². The minimum absolute atomic E-state index is 1.00. The van der Waals surface area contributed by atoms with Gasteiger partial charge in [-0.1, -0.05) is 25.1 Å². The zero-order valence-corrected chi connectivity index (χ0v) is 10.1. The van der Waals surface area contributed by atoms with Gasteiger partial charge in [-0.3, -0.25) is 0 Å². The van der Waals surface area contributed by atoms with Crippen molar-refractivity contribution < 1.29 is 0 Å². The zero-order valence-electron chi connectivity index (χ0n) is 10.1. The quantitative estimate of drug-likeness (QED) is 0.855. The average Bonchev–Trinajstić information content (AvgIpc) is 2.78. The predicted octanol–water partition coefficient (Wildman–Crippen LogP) is 2.79. The monoisotopic (exact) mass is 227 g/mol. The Bertz CT molecular complexity index is 514. The molecule has 1 aliphatic rings. The summed E-state index contributed by atoms with van der Waals surface area (Å²) in [4.78, 5) is 0. The highest BCUT2D eigenvalue weighted by molar-refractivity contribution is 5.54. The number of nitrogens with one attached hydrogen (secondary N) is 1. The molecule has 1 N–H and O–H groups in total. The van der Waals surface area contributed by atoms with Crippen LogP contribution in [0.1, 0.15) is 24.6 Å². The van der Waals surface area contributed by atoms with Gasteiger partial charge in [0.05, 0.1) is 11.4 Å². The van der Waals surface area contributed by atoms with E-state index in [1.165, 1.54) is 23.5 Å². The third-order valence-electron chi connectivity index (χ3n) is 3.30. The number of fused-ring (bicyclic) bond motifs is 1. The molecule has 1 aliphatic heterocycles. The number of hydrogen-bond donors (Lipinski definition) is 1. The lowest BCUT2D eigenvalue weighted by molar-refractivity contribution is 0.805. The van der Waals surface area contributed by atoms with Crippen molar-refractivity contribution in [3.05, 3.63) is 41.6 Å². The second-order valence-corrected chi connectivity index (χ2v) is 4.41. The van der Waals surface area contributed by atoms with Gasteiger partial charge in [0.2, 0.25) is 0 Å². The fraction of sp³-hybridized carbons (Fsp3) is 0.357. The molecule has 0 unspecified atom stereocenters. The smallest absolute Gasteiger partial charge is 0.133 e. The molecule has 0 bridgehead atoms. The van der Waals surface area contributed by atoms with Crippen LogP contribution in [-0.2, 0) is 12.8 Å². The topological polar surface area (TPSA) is 29.9 Å². The fourth-order valence-electron chi connectivity index (χ4n) is 2.45. The molecule has 0 spiro atoms. The van der Waals surface area contributed by atoms with Crippen LogP contribution in [0.25, 0.3) is 5.69 Å². The van der Waals surface area contributed by atoms with E-state index in [1.54, 1.807) is 0 Å². The van der Waals surface area contributed by atoms with Crippen molar-refractivity contribution in [1.29, 1.82) is 0 Å². The molecule has 0 aliphatic carbocycles. The van der Waals surface area contributed by atoms with Gasteiger partial charge in [-0.05, 0) is 31.4 Å². The molecule has 2 aromatic rings. The van der Waals surface area contributed by atoms with Crippen LogP contribution in [-0.4, -0.2) is 16.3 Å². The van der Waals surface area contributed by atoms with Crippen LogP contribution in [0.15, 0.2) is 30.3 Å². The second-order valence-electron chi connectivity index (χ2n) is 4.41. The molecule has 17 heavy (non-hydrogen) atoms. The summed E-state index contributed by atoms with van der Waals surface area (Å²) in [7, 11) is 0. The Labute approximate surface area is 101 Å². The number of anilines is 1. The third kappa shape index (κ3) is 1.71. The van der Waals surface area contributed by atoms with Gasteiger partial charge >= 0.3 is 0 Å². The van der Waals surface area contributed by atoms with Crippen LogP contribution in [0.2, 0.25) is 0 Å². The maximum absolute atomic E-state index is 4.73. The molecule has 1 aromatic carbocycles. The lowest BCUT2D eigenvalue weighted by Gasteiger charge is -2.16. The Kier molecular flexibility index (Phi) is 2.59. The minimum atomic E-state index is 1.00. The number of nitrogens with zero attached hydrogens (tertiary/aromatic N) is 2. The van der Waals surface area contributed by atoms with Gasteiger partial charge in [0.1, 0.15) is 5.82 Å². The molecule has 88 valence electrons. The van der Waals surface area contributed by atoms with E-state index in [4.69, 9.17) is 5.10 Å². The van der Waals surface area contributed by atoms with E-state index in [0.29, 0.717) is 0 Å². The summed E-state index contributed by atoms with van der Waals surface area (Å²) in [6, 6.07) is 10.3. The Morgan fingerprint density at radius 2 is 2.12 bits per heavy atom. The van der Waals surface area contributed by atoms with Crippen LogP contribution < -0.4 is 5.32 Å². The Hall–Kier alpha value is -1.77. The number of benzene rings is 1. The molecule has 0 atom stereocenters. The normalized spacial score (nSPS) is 14.2. The first-order valence-corrected chi connectivity index (χ1v) is 6.30. The van der Waals surface area contributed by atoms with Crippen molar-refractivity contribution in [3.8, 4) is 5.69 Å². The molecule has 3 rings (SSSR count). The van der Waals surface area contributed by atoms with Gasteiger partial charge in [-0.2, -0.15) is 5.10 Å². The maximum atomic E-state index is 4.73. The van der Waals surface area contributed by atoms with Crippen LogP contribution in [0.3, 0.4) is 0 Å². The Morgan fingerprint density at radius 1 is 1.29 bits per heavy atom. The van der Waals surface area contributed by atoms with Crippen molar-refractivity contribution in [1.82, 2.24) is 9.78 Å². The van der Waals surface area contributed by atoms with E-state index in [9.17, 15) is 0 Å². The van der Waals surface area contributed by atoms with E-state index in [2.05, 4.69) is 36.5 Å². The van der Waals surface area contributed by atoms with Gasteiger partial charge in [0.25, 0.3) is 0 Å². The van der Waals surface area contributed by atoms with Crippen molar-refractivity contribution >= 4 is 5.82 Å². The average molecular weight is 227 g/mol. The number of rotatable bonds is 2. The lowest BCUT2D eigenvalue weighted by Crippen LogP contribution is -2.14. The number of aryl methyl sites for hydroxylation is 1. The first-order valence-electron chi connectivity index (χ1n) is 6.30. The first-order chi connectivity index (χ1) is 8.40. The van der Waals surface area contributed by atoms with Crippen molar-refractivity contribution in [2.24, 2.45) is 0 Å². The van der Waals surface area contributed by atoms with Gasteiger partial charge in [0, 0.05) is 12.1 Å². The number of hydrogen-bond acceptors (Lipinski definition) is 2. The lowest BCUT2D eigenvalue weighted by atomic mass is 10.1. The minimum Gasteiger partial charge on any atom is -0.370 e. The largest absolute Gasteiger partial charge is 0.370 e. The summed E-state index contributed by atoms with van der Waals surface area (Å²) in [5, 5.41) is 8.22. The summed E-state index contributed by atoms with van der Waals surface area (Å²) in [6.45, 7) is 3.22. The molecular formula is C14H17N3. The van der Waals surface area contributed by atoms with Crippen molar-refractivity contribution in [3.63, 3.8) is 0 Å². The highest BCUT2D eigenvalue weighted by Gasteiger charge is 2.19. The van der Waals surface area contributed by atoms with E-state index in [0.717, 1.165) is 25.1 Å². The summed E-state index contributed by atoms with van der Waals surface area (Å²) in [5.74, 6) is 1.19. The highest BCUT2D eigenvalue weighted by Crippen LogP contribution is 2.28. The van der Waals surface area contributed by atoms with Crippen molar-refractivity contribution in [2.75, 3.05) is 11.9 Å². The van der Waals surface area contributed by atoms with Crippen LogP contribution in [0.5, 0.6) is 0 Å².